The van der Waals surface area contributed by atoms with E-state index in [1.54, 1.807) is 0 Å². The molecule has 0 radical (unpaired) electrons. The number of hydrogen-bond acceptors (Lipinski definition) is 4. The summed E-state index contributed by atoms with van der Waals surface area (Å²) in [6.45, 7) is 9.27. The SMILES string of the molecule is CP(OC(C)(C)CC#N)OC(C)(C)CC#N. The molecule has 0 aliphatic rings. The fraction of sp³-hybridized carbons (Fsp3) is 0.818. The normalized spacial score (nSPS) is 12.2. The highest BCUT2D eigenvalue weighted by Crippen LogP contribution is 2.44. The zero-order chi connectivity index (χ0) is 12.8. The summed E-state index contributed by atoms with van der Waals surface area (Å²) in [5.74, 6) is 0. The van der Waals surface area contributed by atoms with Crippen LogP contribution in [0.1, 0.15) is 40.5 Å². The number of rotatable bonds is 6. The van der Waals surface area contributed by atoms with Crippen LogP contribution in [-0.4, -0.2) is 17.9 Å². The predicted octanol–water partition coefficient (Wildman–Crippen LogP) is 3.35. The van der Waals surface area contributed by atoms with Gasteiger partial charge in [-0.1, -0.05) is 0 Å². The van der Waals surface area contributed by atoms with Crippen LogP contribution in [0.25, 0.3) is 0 Å². The van der Waals surface area contributed by atoms with Crippen molar-refractivity contribution >= 4 is 8.38 Å². The van der Waals surface area contributed by atoms with E-state index in [1.807, 2.05) is 34.4 Å². The second kappa shape index (κ2) is 6.16. The van der Waals surface area contributed by atoms with Crippen LogP contribution in [0, 0.1) is 22.7 Å². The topological polar surface area (TPSA) is 66.0 Å². The van der Waals surface area contributed by atoms with Crippen molar-refractivity contribution in [2.75, 3.05) is 6.66 Å². The molecule has 0 heterocycles. The summed E-state index contributed by atoms with van der Waals surface area (Å²) < 4.78 is 11.3. The van der Waals surface area contributed by atoms with Crippen LogP contribution in [0.5, 0.6) is 0 Å². The van der Waals surface area contributed by atoms with Gasteiger partial charge in [0.05, 0.1) is 36.2 Å². The molecular weight excluding hydrogens is 223 g/mol. The van der Waals surface area contributed by atoms with Gasteiger partial charge in [0.25, 0.3) is 0 Å². The van der Waals surface area contributed by atoms with Crippen molar-refractivity contribution in [2.45, 2.75) is 51.7 Å². The van der Waals surface area contributed by atoms with E-state index in [9.17, 15) is 0 Å². The summed E-state index contributed by atoms with van der Waals surface area (Å²) in [6.07, 6.45) is 0.642. The molecule has 0 aromatic rings. The van der Waals surface area contributed by atoms with Crippen molar-refractivity contribution in [3.05, 3.63) is 0 Å². The maximum absolute atomic E-state index is 8.62. The van der Waals surface area contributed by atoms with E-state index in [-0.39, 0.29) is 0 Å². The Balaban J connectivity index is 4.24. The number of nitrogens with zero attached hydrogens (tertiary/aromatic N) is 2. The number of hydrogen-bond donors (Lipinski definition) is 0. The van der Waals surface area contributed by atoms with Crippen LogP contribution < -0.4 is 0 Å². The fourth-order valence-corrected chi connectivity index (χ4v) is 2.72. The molecule has 0 rings (SSSR count). The Morgan fingerprint density at radius 2 is 1.25 bits per heavy atom. The first-order valence-electron chi connectivity index (χ1n) is 5.08. The van der Waals surface area contributed by atoms with Crippen molar-refractivity contribution in [2.24, 2.45) is 0 Å². The highest BCUT2D eigenvalue weighted by molar-refractivity contribution is 7.46. The summed E-state index contributed by atoms with van der Waals surface area (Å²) in [5.41, 5.74) is -1.00. The molecule has 0 unspecified atom stereocenters. The van der Waals surface area contributed by atoms with Gasteiger partial charge in [0, 0.05) is 6.66 Å². The van der Waals surface area contributed by atoms with E-state index >= 15 is 0 Å². The molecule has 0 fully saturated rings. The highest BCUT2D eigenvalue weighted by atomic mass is 31.2. The lowest BCUT2D eigenvalue weighted by Gasteiger charge is -2.31. The Morgan fingerprint density at radius 3 is 1.50 bits per heavy atom. The lowest BCUT2D eigenvalue weighted by molar-refractivity contribution is 0.0609. The predicted molar refractivity (Wildman–Crippen MR) is 63.6 cm³/mol. The summed E-state index contributed by atoms with van der Waals surface area (Å²) in [6, 6.07) is 4.16. The Bertz CT molecular complexity index is 272. The first-order chi connectivity index (χ1) is 7.22. The lowest BCUT2D eigenvalue weighted by atomic mass is 10.1. The summed E-state index contributed by atoms with van der Waals surface area (Å²) in [5, 5.41) is 17.2. The molecule has 0 amide bonds. The van der Waals surface area contributed by atoms with E-state index < -0.39 is 19.6 Å². The van der Waals surface area contributed by atoms with Crippen LogP contribution in [0.3, 0.4) is 0 Å². The van der Waals surface area contributed by atoms with E-state index in [0.29, 0.717) is 12.8 Å². The van der Waals surface area contributed by atoms with Gasteiger partial charge >= 0.3 is 0 Å². The minimum Gasteiger partial charge on any atom is -0.327 e. The molecule has 5 heteroatoms. The molecule has 0 saturated heterocycles. The Kier molecular flexibility index (Phi) is 5.90. The van der Waals surface area contributed by atoms with Gasteiger partial charge in [0.1, 0.15) is 0 Å². The standard InChI is InChI=1S/C11H19N2O2P/c1-10(2,6-8-12)14-16(5)15-11(3,4)7-9-13/h6-7H2,1-5H3. The molecule has 0 spiro atoms. The van der Waals surface area contributed by atoms with Crippen molar-refractivity contribution in [1.29, 1.82) is 10.5 Å². The molecule has 0 N–H and O–H groups in total. The average molecular weight is 242 g/mol. The number of nitriles is 2. The van der Waals surface area contributed by atoms with Crippen molar-refractivity contribution in [3.63, 3.8) is 0 Å². The minimum absolute atomic E-state index is 0.321. The Morgan fingerprint density at radius 1 is 0.938 bits per heavy atom. The molecular formula is C11H19N2O2P. The Labute approximate surface area is 99.1 Å². The molecule has 0 saturated carbocycles. The first-order valence-corrected chi connectivity index (χ1v) is 6.71. The van der Waals surface area contributed by atoms with E-state index in [4.69, 9.17) is 19.6 Å². The fourth-order valence-electron chi connectivity index (χ4n) is 1.16. The molecule has 0 aromatic carbocycles. The van der Waals surface area contributed by atoms with E-state index in [0.717, 1.165) is 0 Å². The zero-order valence-corrected chi connectivity index (χ0v) is 11.5. The maximum atomic E-state index is 8.62. The van der Waals surface area contributed by atoms with Gasteiger partial charge in [-0.3, -0.25) is 0 Å². The molecule has 0 aromatic heterocycles. The minimum atomic E-state index is -1.08. The third-order valence-electron chi connectivity index (χ3n) is 1.76. The lowest BCUT2D eigenvalue weighted by Crippen LogP contribution is -2.26. The molecule has 90 valence electrons. The van der Waals surface area contributed by atoms with Gasteiger partial charge in [0.2, 0.25) is 0 Å². The third-order valence-corrected chi connectivity index (χ3v) is 3.26. The summed E-state index contributed by atoms with van der Waals surface area (Å²) in [4.78, 5) is 0. The van der Waals surface area contributed by atoms with Crippen molar-refractivity contribution < 1.29 is 9.05 Å². The van der Waals surface area contributed by atoms with Crippen molar-refractivity contribution in [3.8, 4) is 12.1 Å². The summed E-state index contributed by atoms with van der Waals surface area (Å²) in [7, 11) is -1.08. The van der Waals surface area contributed by atoms with Crippen LogP contribution in [0.2, 0.25) is 0 Å². The Hall–Kier alpha value is -0.670. The second-order valence-corrected chi connectivity index (χ2v) is 6.06. The molecule has 16 heavy (non-hydrogen) atoms. The highest BCUT2D eigenvalue weighted by Gasteiger charge is 2.27. The average Bonchev–Trinajstić information content (AvgIpc) is 1.99. The van der Waals surface area contributed by atoms with Gasteiger partial charge in [0.15, 0.2) is 8.38 Å². The maximum Gasteiger partial charge on any atom is 0.168 e. The van der Waals surface area contributed by atoms with E-state index in [1.165, 1.54) is 0 Å². The van der Waals surface area contributed by atoms with Crippen LogP contribution >= 0.6 is 8.38 Å². The molecule has 4 nitrogen and oxygen atoms in total. The zero-order valence-electron chi connectivity index (χ0n) is 10.6. The molecule has 0 bridgehead atoms. The van der Waals surface area contributed by atoms with Crippen LogP contribution in [0.15, 0.2) is 0 Å². The van der Waals surface area contributed by atoms with E-state index in [2.05, 4.69) is 12.1 Å². The van der Waals surface area contributed by atoms with Gasteiger partial charge < -0.3 is 9.05 Å². The summed E-state index contributed by atoms with van der Waals surface area (Å²) >= 11 is 0. The van der Waals surface area contributed by atoms with Gasteiger partial charge in [-0.2, -0.15) is 10.5 Å². The van der Waals surface area contributed by atoms with Gasteiger partial charge in [-0.05, 0) is 27.7 Å². The van der Waals surface area contributed by atoms with Crippen LogP contribution in [-0.2, 0) is 9.05 Å². The molecule has 0 aliphatic heterocycles. The molecule has 0 atom stereocenters. The largest absolute Gasteiger partial charge is 0.327 e. The van der Waals surface area contributed by atoms with Gasteiger partial charge in [-0.15, -0.1) is 0 Å². The second-order valence-electron chi connectivity index (χ2n) is 4.81. The monoisotopic (exact) mass is 242 g/mol. The first kappa shape index (κ1) is 15.3. The van der Waals surface area contributed by atoms with Gasteiger partial charge in [-0.25, -0.2) is 0 Å². The third kappa shape index (κ3) is 6.75. The van der Waals surface area contributed by atoms with Crippen LogP contribution in [0.4, 0.5) is 0 Å². The van der Waals surface area contributed by atoms with Crippen molar-refractivity contribution in [1.82, 2.24) is 0 Å². The molecule has 0 aliphatic carbocycles. The smallest absolute Gasteiger partial charge is 0.168 e. The quantitative estimate of drug-likeness (QED) is 0.670.